The first kappa shape index (κ1) is 19.1. The lowest BCUT2D eigenvalue weighted by atomic mass is 9.69. The van der Waals surface area contributed by atoms with Gasteiger partial charge in [0.25, 0.3) is 0 Å². The molecule has 23 heavy (non-hydrogen) atoms. The van der Waals surface area contributed by atoms with Crippen LogP contribution in [0.2, 0.25) is 0 Å². The molecule has 2 bridgehead atoms. The Balaban J connectivity index is 0.00000192. The molecule has 1 heterocycles. The van der Waals surface area contributed by atoms with Gasteiger partial charge in [-0.05, 0) is 73.8 Å². The number of nitrogens with one attached hydrogen (secondary N) is 2. The van der Waals surface area contributed by atoms with Crippen molar-refractivity contribution >= 4 is 18.3 Å². The Morgan fingerprint density at radius 1 is 1.30 bits per heavy atom. The molecule has 4 heteroatoms. The monoisotopic (exact) mass is 342 g/mol. The van der Waals surface area contributed by atoms with Crippen LogP contribution in [0.3, 0.4) is 0 Å². The van der Waals surface area contributed by atoms with Gasteiger partial charge in [0.1, 0.15) is 0 Å². The summed E-state index contributed by atoms with van der Waals surface area (Å²) < 4.78 is 0. The summed E-state index contributed by atoms with van der Waals surface area (Å²) in [7, 11) is 0. The third kappa shape index (κ3) is 3.28. The van der Waals surface area contributed by atoms with Gasteiger partial charge in [-0.25, -0.2) is 0 Å². The molecule has 2 aliphatic carbocycles. The fourth-order valence-corrected chi connectivity index (χ4v) is 5.50. The van der Waals surface area contributed by atoms with Crippen molar-refractivity contribution in [2.75, 3.05) is 13.1 Å². The van der Waals surface area contributed by atoms with Crippen LogP contribution in [0.15, 0.2) is 0 Å². The molecule has 3 nitrogen and oxygen atoms in total. The number of carbonyl (C=O) groups is 1. The maximum Gasteiger partial charge on any atom is 0.220 e. The van der Waals surface area contributed by atoms with Crippen LogP contribution in [-0.2, 0) is 4.79 Å². The predicted molar refractivity (Wildman–Crippen MR) is 97.8 cm³/mol. The number of hydrogen-bond donors (Lipinski definition) is 2. The van der Waals surface area contributed by atoms with E-state index in [0.717, 1.165) is 19.0 Å². The molecule has 3 aliphatic rings. The molecule has 3 rings (SSSR count). The number of rotatable bonds is 4. The van der Waals surface area contributed by atoms with Crippen molar-refractivity contribution in [3.05, 3.63) is 0 Å². The van der Waals surface area contributed by atoms with E-state index >= 15 is 0 Å². The Morgan fingerprint density at radius 3 is 2.57 bits per heavy atom. The number of halogens is 1. The van der Waals surface area contributed by atoms with E-state index < -0.39 is 0 Å². The average molecular weight is 343 g/mol. The molecule has 3 fully saturated rings. The second-order valence-corrected chi connectivity index (χ2v) is 9.02. The van der Waals surface area contributed by atoms with E-state index in [1.807, 2.05) is 0 Å². The number of piperidine rings is 1. The Bertz CT molecular complexity index is 433. The van der Waals surface area contributed by atoms with Crippen LogP contribution in [0.25, 0.3) is 0 Å². The summed E-state index contributed by atoms with van der Waals surface area (Å²) in [4.78, 5) is 12.6. The topological polar surface area (TPSA) is 41.1 Å². The minimum atomic E-state index is 0. The van der Waals surface area contributed by atoms with E-state index in [1.54, 1.807) is 0 Å². The molecule has 0 radical (unpaired) electrons. The van der Waals surface area contributed by atoms with Crippen molar-refractivity contribution in [1.29, 1.82) is 0 Å². The minimum absolute atomic E-state index is 0. The fraction of sp³-hybridized carbons (Fsp3) is 0.947. The van der Waals surface area contributed by atoms with Crippen molar-refractivity contribution in [3.8, 4) is 0 Å². The lowest BCUT2D eigenvalue weighted by molar-refractivity contribution is -0.124. The number of amides is 1. The van der Waals surface area contributed by atoms with Crippen LogP contribution < -0.4 is 10.6 Å². The van der Waals surface area contributed by atoms with Crippen molar-refractivity contribution in [2.45, 2.75) is 72.3 Å². The average Bonchev–Trinajstić information content (AvgIpc) is 2.81. The molecule has 1 saturated heterocycles. The van der Waals surface area contributed by atoms with Gasteiger partial charge in [-0.2, -0.15) is 0 Å². The molecule has 134 valence electrons. The van der Waals surface area contributed by atoms with Crippen molar-refractivity contribution in [1.82, 2.24) is 10.6 Å². The maximum atomic E-state index is 12.6. The standard InChI is InChI=1S/C19H34N2O.ClH/c1-13(14-6-5-9-20-12-14)10-17(22)21-16-11-15-7-8-19(16,4)18(15,2)3;/h13-16,20H,5-12H2,1-4H3,(H,21,22);1H. The first-order valence-electron chi connectivity index (χ1n) is 9.34. The van der Waals surface area contributed by atoms with Gasteiger partial charge in [0.2, 0.25) is 5.91 Å². The van der Waals surface area contributed by atoms with Gasteiger partial charge in [0, 0.05) is 12.5 Å². The van der Waals surface area contributed by atoms with Crippen LogP contribution in [0, 0.1) is 28.6 Å². The molecule has 5 atom stereocenters. The van der Waals surface area contributed by atoms with E-state index in [2.05, 4.69) is 38.3 Å². The molecule has 0 aromatic carbocycles. The number of hydrogen-bond acceptors (Lipinski definition) is 2. The third-order valence-electron chi connectivity index (χ3n) is 7.78. The van der Waals surface area contributed by atoms with Gasteiger partial charge in [-0.1, -0.05) is 27.7 Å². The molecule has 0 aromatic rings. The Labute approximate surface area is 148 Å². The molecule has 0 spiro atoms. The first-order valence-corrected chi connectivity index (χ1v) is 9.34. The molecular weight excluding hydrogens is 308 g/mol. The van der Waals surface area contributed by atoms with Gasteiger partial charge >= 0.3 is 0 Å². The zero-order valence-electron chi connectivity index (χ0n) is 15.3. The molecule has 2 saturated carbocycles. The highest BCUT2D eigenvalue weighted by atomic mass is 35.5. The number of carbonyl (C=O) groups excluding carboxylic acids is 1. The number of fused-ring (bicyclic) bond motifs is 2. The molecule has 5 unspecified atom stereocenters. The zero-order chi connectivity index (χ0) is 16.0. The van der Waals surface area contributed by atoms with E-state index in [0.29, 0.717) is 35.1 Å². The molecule has 1 aliphatic heterocycles. The summed E-state index contributed by atoms with van der Waals surface area (Å²) in [6, 6.07) is 0.394. The molecular formula is C19H35ClN2O. The summed E-state index contributed by atoms with van der Waals surface area (Å²) in [6.45, 7) is 11.7. The van der Waals surface area contributed by atoms with Crippen molar-refractivity contribution in [2.24, 2.45) is 28.6 Å². The van der Waals surface area contributed by atoms with Gasteiger partial charge < -0.3 is 10.6 Å². The zero-order valence-corrected chi connectivity index (χ0v) is 16.1. The smallest absolute Gasteiger partial charge is 0.220 e. The Morgan fingerprint density at radius 2 is 2.04 bits per heavy atom. The highest BCUT2D eigenvalue weighted by molar-refractivity contribution is 5.85. The van der Waals surface area contributed by atoms with Crippen molar-refractivity contribution < 1.29 is 4.79 Å². The molecule has 2 N–H and O–H groups in total. The highest BCUT2D eigenvalue weighted by Crippen LogP contribution is 2.65. The van der Waals surface area contributed by atoms with E-state index in [4.69, 9.17) is 0 Å². The molecule has 1 amide bonds. The summed E-state index contributed by atoms with van der Waals surface area (Å²) >= 11 is 0. The van der Waals surface area contributed by atoms with Crippen LogP contribution in [0.5, 0.6) is 0 Å². The summed E-state index contributed by atoms with van der Waals surface area (Å²) in [5, 5.41) is 6.89. The quantitative estimate of drug-likeness (QED) is 0.816. The van der Waals surface area contributed by atoms with E-state index in [1.165, 1.54) is 32.1 Å². The van der Waals surface area contributed by atoms with Gasteiger partial charge in [0.05, 0.1) is 0 Å². The lowest BCUT2D eigenvalue weighted by Gasteiger charge is -2.39. The third-order valence-corrected chi connectivity index (χ3v) is 7.78. The minimum Gasteiger partial charge on any atom is -0.353 e. The first-order chi connectivity index (χ1) is 10.3. The largest absolute Gasteiger partial charge is 0.353 e. The lowest BCUT2D eigenvalue weighted by Crippen LogP contribution is -2.47. The van der Waals surface area contributed by atoms with Crippen LogP contribution in [0.4, 0.5) is 0 Å². The van der Waals surface area contributed by atoms with Gasteiger partial charge in [0.15, 0.2) is 0 Å². The van der Waals surface area contributed by atoms with E-state index in [9.17, 15) is 4.79 Å². The Kier molecular flexibility index (Phi) is 5.73. The summed E-state index contributed by atoms with van der Waals surface area (Å²) in [5.74, 6) is 2.24. The van der Waals surface area contributed by atoms with Crippen LogP contribution >= 0.6 is 12.4 Å². The summed E-state index contributed by atoms with van der Waals surface area (Å²) in [6.07, 6.45) is 7.04. The second-order valence-electron chi connectivity index (χ2n) is 9.02. The van der Waals surface area contributed by atoms with Gasteiger partial charge in [-0.3, -0.25) is 4.79 Å². The second kappa shape index (κ2) is 6.92. The highest BCUT2D eigenvalue weighted by Gasteiger charge is 2.61. The normalized spacial score (nSPS) is 39.6. The van der Waals surface area contributed by atoms with Crippen LogP contribution in [0.1, 0.15) is 66.2 Å². The van der Waals surface area contributed by atoms with Crippen molar-refractivity contribution in [3.63, 3.8) is 0 Å². The maximum absolute atomic E-state index is 12.6. The van der Waals surface area contributed by atoms with E-state index in [-0.39, 0.29) is 18.3 Å². The Hall–Kier alpha value is -0.280. The fourth-order valence-electron chi connectivity index (χ4n) is 5.50. The van der Waals surface area contributed by atoms with Crippen LogP contribution in [-0.4, -0.2) is 25.0 Å². The van der Waals surface area contributed by atoms with Gasteiger partial charge in [-0.15, -0.1) is 12.4 Å². The molecule has 0 aromatic heterocycles. The summed E-state index contributed by atoms with van der Waals surface area (Å²) in [5.41, 5.74) is 0.673. The predicted octanol–water partition coefficient (Wildman–Crippen LogP) is 3.77. The SMILES string of the molecule is CC(CC(=O)NC1CC2CCC1(C)C2(C)C)C1CCCNC1.Cl.